The third-order valence-electron chi connectivity index (χ3n) is 3.57. The van der Waals surface area contributed by atoms with Gasteiger partial charge in [0.05, 0.1) is 26.0 Å². The van der Waals surface area contributed by atoms with Crippen LogP contribution in [-0.2, 0) is 4.74 Å². The third kappa shape index (κ3) is 3.57. The summed E-state index contributed by atoms with van der Waals surface area (Å²) in [4.78, 5) is 14.3. The first-order valence-electron chi connectivity index (χ1n) is 7.39. The Labute approximate surface area is 134 Å². The maximum Gasteiger partial charge on any atom is 0.276 e. The summed E-state index contributed by atoms with van der Waals surface area (Å²) in [6.07, 6.45) is 0. The molecule has 7 heteroatoms. The second-order valence-electron chi connectivity index (χ2n) is 5.03. The van der Waals surface area contributed by atoms with Gasteiger partial charge >= 0.3 is 0 Å². The van der Waals surface area contributed by atoms with Crippen LogP contribution < -0.4 is 15.0 Å². The Bertz CT molecular complexity index is 669. The van der Waals surface area contributed by atoms with Crippen LogP contribution in [-0.4, -0.2) is 49.5 Å². The molecule has 1 amide bonds. The zero-order chi connectivity index (χ0) is 16.1. The maximum absolute atomic E-state index is 12.3. The summed E-state index contributed by atoms with van der Waals surface area (Å²) in [6.45, 7) is 2.91. The molecule has 23 heavy (non-hydrogen) atoms. The molecule has 1 aromatic heterocycles. The number of morpholine rings is 1. The quantitative estimate of drug-likeness (QED) is 0.923. The molecule has 1 fully saturated rings. The van der Waals surface area contributed by atoms with E-state index in [-0.39, 0.29) is 11.6 Å². The van der Waals surface area contributed by atoms with Gasteiger partial charge in [-0.3, -0.25) is 4.79 Å². The first kappa shape index (κ1) is 15.2. The number of hydrogen-bond donors (Lipinski definition) is 1. The van der Waals surface area contributed by atoms with Crippen LogP contribution in [0.1, 0.15) is 10.5 Å². The van der Waals surface area contributed by atoms with Gasteiger partial charge in [-0.05, 0) is 24.3 Å². The molecule has 0 spiro atoms. The van der Waals surface area contributed by atoms with Gasteiger partial charge in [-0.2, -0.15) is 0 Å². The zero-order valence-electron chi connectivity index (χ0n) is 12.9. The predicted octanol–water partition coefficient (Wildman–Crippen LogP) is 1.57. The van der Waals surface area contributed by atoms with E-state index in [9.17, 15) is 4.79 Å². The van der Waals surface area contributed by atoms with E-state index in [2.05, 4.69) is 20.4 Å². The average Bonchev–Trinajstić information content (AvgIpc) is 2.63. The number of nitrogens with zero attached hydrogens (tertiary/aromatic N) is 3. The largest absolute Gasteiger partial charge is 0.495 e. The number of anilines is 2. The van der Waals surface area contributed by atoms with Gasteiger partial charge in [-0.15, -0.1) is 10.2 Å². The summed E-state index contributed by atoms with van der Waals surface area (Å²) >= 11 is 0. The van der Waals surface area contributed by atoms with Crippen LogP contribution in [0, 0.1) is 0 Å². The lowest BCUT2D eigenvalue weighted by Gasteiger charge is -2.27. The normalized spacial score (nSPS) is 14.4. The number of aromatic nitrogens is 2. The number of rotatable bonds is 4. The molecule has 0 aliphatic carbocycles. The van der Waals surface area contributed by atoms with Crippen LogP contribution in [0.3, 0.4) is 0 Å². The number of ether oxygens (including phenoxy) is 2. The maximum atomic E-state index is 12.3. The molecule has 1 saturated heterocycles. The molecule has 0 radical (unpaired) electrons. The smallest absolute Gasteiger partial charge is 0.276 e. The standard InChI is InChI=1S/C16H18N4O3/c1-22-14-5-3-2-4-12(14)17-16(21)13-6-7-15(19-18-13)20-8-10-23-11-9-20/h2-7H,8-11H2,1H3,(H,17,21). The van der Waals surface area contributed by atoms with Crippen LogP contribution >= 0.6 is 0 Å². The fourth-order valence-corrected chi connectivity index (χ4v) is 2.34. The van der Waals surface area contributed by atoms with Gasteiger partial charge < -0.3 is 19.7 Å². The predicted molar refractivity (Wildman–Crippen MR) is 86.0 cm³/mol. The summed E-state index contributed by atoms with van der Waals surface area (Å²) in [6, 6.07) is 10.7. The molecule has 1 aliphatic heterocycles. The SMILES string of the molecule is COc1ccccc1NC(=O)c1ccc(N2CCOCC2)nn1. The molecule has 0 saturated carbocycles. The monoisotopic (exact) mass is 314 g/mol. The molecule has 0 bridgehead atoms. The van der Waals surface area contributed by atoms with Gasteiger partial charge in [-0.1, -0.05) is 12.1 Å². The summed E-state index contributed by atoms with van der Waals surface area (Å²) in [5, 5.41) is 10.9. The highest BCUT2D eigenvalue weighted by Gasteiger charge is 2.15. The Kier molecular flexibility index (Phi) is 4.68. The van der Waals surface area contributed by atoms with Crippen molar-refractivity contribution in [3.63, 3.8) is 0 Å². The van der Waals surface area contributed by atoms with Crippen LogP contribution in [0.5, 0.6) is 5.75 Å². The van der Waals surface area contributed by atoms with Crippen LogP contribution in [0.15, 0.2) is 36.4 Å². The molecule has 2 aromatic rings. The van der Waals surface area contributed by atoms with Crippen molar-refractivity contribution in [2.24, 2.45) is 0 Å². The van der Waals surface area contributed by atoms with Crippen molar-refractivity contribution in [3.05, 3.63) is 42.1 Å². The molecular weight excluding hydrogens is 296 g/mol. The van der Waals surface area contributed by atoms with Crippen LogP contribution in [0.4, 0.5) is 11.5 Å². The number of carbonyl (C=O) groups excluding carboxylic acids is 1. The van der Waals surface area contributed by atoms with Crippen molar-refractivity contribution >= 4 is 17.4 Å². The van der Waals surface area contributed by atoms with E-state index < -0.39 is 0 Å². The molecule has 120 valence electrons. The minimum absolute atomic E-state index is 0.257. The number of amides is 1. The molecule has 7 nitrogen and oxygen atoms in total. The zero-order valence-corrected chi connectivity index (χ0v) is 12.9. The lowest BCUT2D eigenvalue weighted by atomic mass is 10.2. The number of methoxy groups -OCH3 is 1. The van der Waals surface area contributed by atoms with Gasteiger partial charge in [0.2, 0.25) is 0 Å². The van der Waals surface area contributed by atoms with Crippen molar-refractivity contribution in [2.45, 2.75) is 0 Å². The van der Waals surface area contributed by atoms with E-state index in [0.717, 1.165) is 18.9 Å². The van der Waals surface area contributed by atoms with Crippen molar-refractivity contribution in [2.75, 3.05) is 43.6 Å². The van der Waals surface area contributed by atoms with Gasteiger partial charge in [0.15, 0.2) is 11.5 Å². The van der Waals surface area contributed by atoms with Crippen molar-refractivity contribution in [1.82, 2.24) is 10.2 Å². The number of para-hydroxylation sites is 2. The highest BCUT2D eigenvalue weighted by atomic mass is 16.5. The topological polar surface area (TPSA) is 76.6 Å². The Morgan fingerprint density at radius 1 is 1.17 bits per heavy atom. The van der Waals surface area contributed by atoms with E-state index in [1.165, 1.54) is 0 Å². The minimum Gasteiger partial charge on any atom is -0.495 e. The highest BCUT2D eigenvalue weighted by molar-refractivity contribution is 6.03. The van der Waals surface area contributed by atoms with Gasteiger partial charge in [0.25, 0.3) is 5.91 Å². The molecule has 1 N–H and O–H groups in total. The lowest BCUT2D eigenvalue weighted by molar-refractivity contribution is 0.102. The Balaban J connectivity index is 1.70. The summed E-state index contributed by atoms with van der Waals surface area (Å²) in [5.74, 6) is 1.02. The third-order valence-corrected chi connectivity index (χ3v) is 3.57. The second kappa shape index (κ2) is 7.06. The number of carbonyl (C=O) groups is 1. The van der Waals surface area contributed by atoms with Crippen molar-refractivity contribution in [3.8, 4) is 5.75 Å². The Hall–Kier alpha value is -2.67. The van der Waals surface area contributed by atoms with E-state index in [4.69, 9.17) is 9.47 Å². The van der Waals surface area contributed by atoms with Gasteiger partial charge in [0.1, 0.15) is 5.75 Å². The van der Waals surface area contributed by atoms with Crippen molar-refractivity contribution in [1.29, 1.82) is 0 Å². The lowest BCUT2D eigenvalue weighted by Crippen LogP contribution is -2.37. The number of hydrogen-bond acceptors (Lipinski definition) is 6. The molecule has 2 heterocycles. The molecule has 1 aliphatic rings. The summed E-state index contributed by atoms with van der Waals surface area (Å²) < 4.78 is 10.5. The highest BCUT2D eigenvalue weighted by Crippen LogP contribution is 2.23. The van der Waals surface area contributed by atoms with E-state index in [1.54, 1.807) is 31.4 Å². The van der Waals surface area contributed by atoms with Crippen LogP contribution in [0.25, 0.3) is 0 Å². The second-order valence-corrected chi connectivity index (χ2v) is 5.03. The van der Waals surface area contributed by atoms with E-state index in [1.807, 2.05) is 12.1 Å². The number of nitrogens with one attached hydrogen (secondary N) is 1. The van der Waals surface area contributed by atoms with Gasteiger partial charge in [0, 0.05) is 13.1 Å². The first-order valence-corrected chi connectivity index (χ1v) is 7.39. The van der Waals surface area contributed by atoms with E-state index in [0.29, 0.717) is 24.7 Å². The summed E-state index contributed by atoms with van der Waals surface area (Å²) in [5.41, 5.74) is 0.854. The van der Waals surface area contributed by atoms with Crippen molar-refractivity contribution < 1.29 is 14.3 Å². The van der Waals surface area contributed by atoms with Crippen LogP contribution in [0.2, 0.25) is 0 Å². The number of benzene rings is 1. The fraction of sp³-hybridized carbons (Fsp3) is 0.312. The molecule has 0 unspecified atom stereocenters. The fourth-order valence-electron chi connectivity index (χ4n) is 2.34. The Morgan fingerprint density at radius 3 is 2.65 bits per heavy atom. The minimum atomic E-state index is -0.324. The summed E-state index contributed by atoms with van der Waals surface area (Å²) in [7, 11) is 1.56. The molecule has 1 aromatic carbocycles. The van der Waals surface area contributed by atoms with E-state index >= 15 is 0 Å². The first-order chi connectivity index (χ1) is 11.3. The average molecular weight is 314 g/mol. The van der Waals surface area contributed by atoms with Gasteiger partial charge in [-0.25, -0.2) is 0 Å². The molecule has 3 rings (SSSR count). The molecule has 0 atom stereocenters. The Morgan fingerprint density at radius 2 is 1.96 bits per heavy atom. The molecular formula is C16H18N4O3.